The van der Waals surface area contributed by atoms with Crippen LogP contribution in [0, 0.1) is 0 Å². The second-order valence-electron chi connectivity index (χ2n) is 7.65. The Bertz CT molecular complexity index is 1140. The minimum absolute atomic E-state index is 0.0556. The van der Waals surface area contributed by atoms with Crippen LogP contribution in [0.2, 0.25) is 0 Å². The lowest BCUT2D eigenvalue weighted by Gasteiger charge is -2.35. The third-order valence-corrected chi connectivity index (χ3v) is 6.34. The summed E-state index contributed by atoms with van der Waals surface area (Å²) in [5.41, 5.74) is -0.234. The predicted molar refractivity (Wildman–Crippen MR) is 121 cm³/mol. The maximum Gasteiger partial charge on any atom is 0.416 e. The average Bonchev–Trinajstić information content (AvgIpc) is 2.82. The van der Waals surface area contributed by atoms with E-state index in [0.29, 0.717) is 0 Å². The van der Waals surface area contributed by atoms with Crippen LogP contribution in [0.25, 0.3) is 6.08 Å². The van der Waals surface area contributed by atoms with Crippen molar-refractivity contribution < 1.29 is 31.2 Å². The van der Waals surface area contributed by atoms with Gasteiger partial charge in [-0.3, -0.25) is 9.59 Å². The number of carbonyl (C=O) groups excluding carboxylic acids is 2. The zero-order chi connectivity index (χ0) is 24.8. The van der Waals surface area contributed by atoms with E-state index in [9.17, 15) is 31.2 Å². The lowest BCUT2D eigenvalue weighted by atomic mass is 10.1. The third-order valence-electron chi connectivity index (χ3n) is 5.24. The van der Waals surface area contributed by atoms with Crippen molar-refractivity contribution in [2.24, 2.45) is 0 Å². The fourth-order valence-corrected chi connectivity index (χ4v) is 4.23. The summed E-state index contributed by atoms with van der Waals surface area (Å²) < 4.78 is 65.2. The summed E-state index contributed by atoms with van der Waals surface area (Å²) in [7, 11) is -3.71. The summed E-state index contributed by atoms with van der Waals surface area (Å²) in [6.07, 6.45) is -3.15. The van der Waals surface area contributed by atoms with Crippen LogP contribution in [0.5, 0.6) is 0 Å². The summed E-state index contributed by atoms with van der Waals surface area (Å²) in [5.74, 6) is -0.808. The van der Waals surface area contributed by atoms with Crippen LogP contribution in [0.3, 0.4) is 0 Å². The van der Waals surface area contributed by atoms with Crippen molar-refractivity contribution >= 4 is 27.9 Å². The molecule has 0 aromatic heterocycles. The Morgan fingerprint density at radius 2 is 1.59 bits per heavy atom. The lowest BCUT2D eigenvalue weighted by Crippen LogP contribution is -2.51. The van der Waals surface area contributed by atoms with Crippen LogP contribution in [0.1, 0.15) is 27.9 Å². The van der Waals surface area contributed by atoms with Crippen LogP contribution in [-0.4, -0.2) is 62.8 Å². The Morgan fingerprint density at radius 1 is 0.941 bits per heavy atom. The highest BCUT2D eigenvalue weighted by Gasteiger charge is 2.32. The number of alkyl halides is 3. The molecule has 0 spiro atoms. The molecule has 1 aliphatic rings. The molecule has 1 saturated heterocycles. The van der Waals surface area contributed by atoms with Crippen molar-refractivity contribution in [3.8, 4) is 0 Å². The maximum atomic E-state index is 12.9. The van der Waals surface area contributed by atoms with Crippen LogP contribution in [-0.2, 0) is 21.0 Å². The molecule has 1 heterocycles. The number of rotatable bonds is 7. The van der Waals surface area contributed by atoms with Crippen LogP contribution < -0.4 is 4.72 Å². The minimum atomic E-state index is -4.54. The second-order valence-corrected chi connectivity index (χ2v) is 9.31. The van der Waals surface area contributed by atoms with Gasteiger partial charge in [0.25, 0.3) is 5.91 Å². The van der Waals surface area contributed by atoms with E-state index in [1.165, 1.54) is 28.0 Å². The number of carbonyl (C=O) groups is 2. The van der Waals surface area contributed by atoms with E-state index in [-0.39, 0.29) is 50.6 Å². The SMILES string of the molecule is O=C(CCNS(=O)(=O)C=Cc1ccccc1)N1CCN(C(=O)c2cccc(C(F)(F)F)c2)CC1. The Kier molecular flexibility index (Phi) is 8.11. The van der Waals surface area contributed by atoms with E-state index < -0.39 is 27.7 Å². The predicted octanol–water partition coefficient (Wildman–Crippen LogP) is 2.97. The Balaban J connectivity index is 1.46. The minimum Gasteiger partial charge on any atom is -0.339 e. The van der Waals surface area contributed by atoms with Crippen molar-refractivity contribution in [1.82, 2.24) is 14.5 Å². The third kappa shape index (κ3) is 7.16. The number of nitrogens with one attached hydrogen (secondary N) is 1. The fraction of sp³-hybridized carbons (Fsp3) is 0.304. The van der Waals surface area contributed by atoms with Crippen molar-refractivity contribution in [3.63, 3.8) is 0 Å². The van der Waals surface area contributed by atoms with Crippen molar-refractivity contribution in [2.75, 3.05) is 32.7 Å². The topological polar surface area (TPSA) is 86.8 Å². The van der Waals surface area contributed by atoms with Crippen LogP contribution in [0.15, 0.2) is 60.0 Å². The average molecular weight is 496 g/mol. The highest BCUT2D eigenvalue weighted by Crippen LogP contribution is 2.29. The first-order valence-electron chi connectivity index (χ1n) is 10.5. The fourth-order valence-electron chi connectivity index (χ4n) is 3.41. The molecule has 0 bridgehead atoms. The summed E-state index contributed by atoms with van der Waals surface area (Å²) in [6, 6.07) is 13.1. The Morgan fingerprint density at radius 3 is 2.24 bits per heavy atom. The Labute approximate surface area is 195 Å². The van der Waals surface area contributed by atoms with Gasteiger partial charge in [-0.1, -0.05) is 36.4 Å². The number of hydrogen-bond donors (Lipinski definition) is 1. The first-order valence-corrected chi connectivity index (χ1v) is 12.1. The molecular formula is C23H24F3N3O4S. The molecule has 1 aliphatic heterocycles. The largest absolute Gasteiger partial charge is 0.416 e. The monoisotopic (exact) mass is 495 g/mol. The normalized spacial score (nSPS) is 15.0. The van der Waals surface area contributed by atoms with Crippen molar-refractivity contribution in [2.45, 2.75) is 12.6 Å². The van der Waals surface area contributed by atoms with E-state index >= 15 is 0 Å². The van der Waals surface area contributed by atoms with E-state index in [2.05, 4.69) is 4.72 Å². The molecule has 2 aromatic rings. The van der Waals surface area contributed by atoms with E-state index in [0.717, 1.165) is 23.1 Å². The van der Waals surface area contributed by atoms with Crippen molar-refractivity contribution in [1.29, 1.82) is 0 Å². The molecule has 1 fully saturated rings. The second kappa shape index (κ2) is 10.8. The highest BCUT2D eigenvalue weighted by molar-refractivity contribution is 7.92. The lowest BCUT2D eigenvalue weighted by molar-refractivity contribution is -0.137. The standard InChI is InChI=1S/C23H24F3N3O4S/c24-23(25,26)20-8-4-7-19(17-20)22(31)29-14-12-28(13-15-29)21(30)9-11-27-34(32,33)16-10-18-5-2-1-3-6-18/h1-8,10,16-17,27H,9,11-15H2. The van der Waals surface area contributed by atoms with Gasteiger partial charge in [0.2, 0.25) is 15.9 Å². The summed E-state index contributed by atoms with van der Waals surface area (Å²) in [4.78, 5) is 27.9. The van der Waals surface area contributed by atoms with Gasteiger partial charge >= 0.3 is 6.18 Å². The molecule has 1 N–H and O–H groups in total. The van der Waals surface area contributed by atoms with Gasteiger partial charge in [-0.05, 0) is 29.8 Å². The number of sulfonamides is 1. The van der Waals surface area contributed by atoms with Gasteiger partial charge in [-0.25, -0.2) is 13.1 Å². The molecular weight excluding hydrogens is 471 g/mol. The molecule has 3 rings (SSSR count). The summed E-state index contributed by atoms with van der Waals surface area (Å²) in [5, 5.41) is 1.03. The molecule has 182 valence electrons. The first kappa shape index (κ1) is 25.4. The molecule has 11 heteroatoms. The summed E-state index contributed by atoms with van der Waals surface area (Å²) in [6.45, 7) is 0.691. The molecule has 0 unspecified atom stereocenters. The van der Waals surface area contributed by atoms with Crippen LogP contribution in [0.4, 0.5) is 13.2 Å². The smallest absolute Gasteiger partial charge is 0.339 e. The molecule has 2 amide bonds. The van der Waals surface area contributed by atoms with E-state index in [1.807, 2.05) is 6.07 Å². The van der Waals surface area contributed by atoms with Crippen molar-refractivity contribution in [3.05, 3.63) is 76.7 Å². The van der Waals surface area contributed by atoms with E-state index in [1.54, 1.807) is 24.3 Å². The zero-order valence-electron chi connectivity index (χ0n) is 18.2. The number of piperazine rings is 1. The number of halogens is 3. The molecule has 34 heavy (non-hydrogen) atoms. The summed E-state index contributed by atoms with van der Waals surface area (Å²) >= 11 is 0. The number of amides is 2. The molecule has 0 aliphatic carbocycles. The molecule has 0 saturated carbocycles. The molecule has 0 atom stereocenters. The van der Waals surface area contributed by atoms with Gasteiger partial charge in [0.1, 0.15) is 0 Å². The first-order chi connectivity index (χ1) is 16.0. The quantitative estimate of drug-likeness (QED) is 0.640. The van der Waals surface area contributed by atoms with Gasteiger partial charge in [-0.15, -0.1) is 0 Å². The van der Waals surface area contributed by atoms with Gasteiger partial charge in [0, 0.05) is 50.1 Å². The van der Waals surface area contributed by atoms with Crippen LogP contribution >= 0.6 is 0 Å². The Hall–Kier alpha value is -3.18. The van der Waals surface area contributed by atoms with Gasteiger partial charge in [-0.2, -0.15) is 13.2 Å². The van der Waals surface area contributed by atoms with Gasteiger partial charge < -0.3 is 9.80 Å². The molecule has 2 aromatic carbocycles. The van der Waals surface area contributed by atoms with Gasteiger partial charge in [0.05, 0.1) is 5.56 Å². The number of hydrogen-bond acceptors (Lipinski definition) is 4. The van der Waals surface area contributed by atoms with E-state index in [4.69, 9.17) is 0 Å². The number of nitrogens with zero attached hydrogens (tertiary/aromatic N) is 2. The molecule has 7 nitrogen and oxygen atoms in total. The highest BCUT2D eigenvalue weighted by atomic mass is 32.2. The van der Waals surface area contributed by atoms with Gasteiger partial charge in [0.15, 0.2) is 0 Å². The maximum absolute atomic E-state index is 12.9. The zero-order valence-corrected chi connectivity index (χ0v) is 19.0. The number of benzene rings is 2. The molecule has 0 radical (unpaired) electrons.